The minimum absolute atomic E-state index is 0.285. The van der Waals surface area contributed by atoms with Crippen LogP contribution in [0.3, 0.4) is 0 Å². The Kier molecular flexibility index (Phi) is 4.11. The average Bonchev–Trinajstić information content (AvgIpc) is 2.77. The van der Waals surface area contributed by atoms with Crippen molar-refractivity contribution in [2.24, 2.45) is 0 Å². The second-order valence-electron chi connectivity index (χ2n) is 3.21. The number of carbonyl (C=O) groups excluding carboxylic acids is 1. The molecule has 0 unspecified atom stereocenters. The van der Waals surface area contributed by atoms with Crippen LogP contribution in [-0.2, 0) is 0 Å². The molecular formula is C10H10N4O2S2. The normalized spacial score (nSPS) is 10.3. The Morgan fingerprint density at radius 2 is 2.44 bits per heavy atom. The lowest BCUT2D eigenvalue weighted by molar-refractivity contribution is -0.605. The maximum atomic E-state index is 11.8. The summed E-state index contributed by atoms with van der Waals surface area (Å²) < 4.78 is 1.38. The highest BCUT2D eigenvalue weighted by atomic mass is 32.2. The Labute approximate surface area is 112 Å². The van der Waals surface area contributed by atoms with Crippen molar-refractivity contribution in [3.05, 3.63) is 35.3 Å². The van der Waals surface area contributed by atoms with E-state index >= 15 is 0 Å². The van der Waals surface area contributed by atoms with Gasteiger partial charge in [0.1, 0.15) is 5.56 Å². The van der Waals surface area contributed by atoms with Gasteiger partial charge in [-0.25, -0.2) is 0 Å². The average molecular weight is 282 g/mol. The zero-order valence-electron chi connectivity index (χ0n) is 9.49. The summed E-state index contributed by atoms with van der Waals surface area (Å²) in [5, 5.41) is 21.9. The molecule has 6 nitrogen and oxygen atoms in total. The van der Waals surface area contributed by atoms with Crippen LogP contribution in [0.4, 0.5) is 5.13 Å². The van der Waals surface area contributed by atoms with E-state index in [0.29, 0.717) is 9.86 Å². The van der Waals surface area contributed by atoms with Crippen molar-refractivity contribution in [1.29, 1.82) is 0 Å². The molecule has 1 amide bonds. The summed E-state index contributed by atoms with van der Waals surface area (Å²) >= 11 is 2.87. The van der Waals surface area contributed by atoms with E-state index in [4.69, 9.17) is 0 Å². The highest BCUT2D eigenvalue weighted by molar-refractivity contribution is 8.01. The summed E-state index contributed by atoms with van der Waals surface area (Å²) in [4.78, 5) is 11.8. The van der Waals surface area contributed by atoms with E-state index in [1.807, 2.05) is 6.92 Å². The molecule has 1 N–H and O–H groups in total. The lowest BCUT2D eigenvalue weighted by Crippen LogP contribution is -2.27. The number of thioether (sulfide) groups is 1. The van der Waals surface area contributed by atoms with Gasteiger partial charge in [0.25, 0.3) is 5.91 Å². The summed E-state index contributed by atoms with van der Waals surface area (Å²) in [5.41, 5.74) is 0.285. The van der Waals surface area contributed by atoms with E-state index in [0.717, 1.165) is 10.1 Å². The fourth-order valence-electron chi connectivity index (χ4n) is 1.20. The largest absolute Gasteiger partial charge is 0.619 e. The second kappa shape index (κ2) is 5.78. The predicted octanol–water partition coefficient (Wildman–Crippen LogP) is 1.54. The fraction of sp³-hybridized carbons (Fsp3) is 0.200. The van der Waals surface area contributed by atoms with E-state index in [2.05, 4.69) is 15.5 Å². The molecule has 2 aromatic rings. The number of amides is 1. The first kappa shape index (κ1) is 12.8. The number of nitrogens with zero attached hydrogens (tertiary/aromatic N) is 3. The van der Waals surface area contributed by atoms with Crippen molar-refractivity contribution < 1.29 is 9.52 Å². The molecule has 0 aliphatic heterocycles. The van der Waals surface area contributed by atoms with Crippen molar-refractivity contribution >= 4 is 34.1 Å². The van der Waals surface area contributed by atoms with Gasteiger partial charge in [0.2, 0.25) is 5.13 Å². The van der Waals surface area contributed by atoms with Crippen LogP contribution >= 0.6 is 23.1 Å². The number of hydrogen-bond donors (Lipinski definition) is 1. The van der Waals surface area contributed by atoms with Gasteiger partial charge in [0.15, 0.2) is 16.7 Å². The van der Waals surface area contributed by atoms with Gasteiger partial charge in [-0.3, -0.25) is 10.1 Å². The van der Waals surface area contributed by atoms with Crippen LogP contribution in [0.15, 0.2) is 28.9 Å². The molecule has 2 rings (SSSR count). The van der Waals surface area contributed by atoms with E-state index in [-0.39, 0.29) is 11.5 Å². The van der Waals surface area contributed by atoms with E-state index in [1.54, 1.807) is 17.8 Å². The highest BCUT2D eigenvalue weighted by Gasteiger charge is 2.12. The van der Waals surface area contributed by atoms with Crippen LogP contribution in [0.25, 0.3) is 0 Å². The van der Waals surface area contributed by atoms with Crippen LogP contribution in [0.1, 0.15) is 17.3 Å². The fourth-order valence-corrected chi connectivity index (χ4v) is 2.84. The summed E-state index contributed by atoms with van der Waals surface area (Å²) in [5.74, 6) is 0.529. The van der Waals surface area contributed by atoms with Crippen molar-refractivity contribution in [2.75, 3.05) is 11.1 Å². The van der Waals surface area contributed by atoms with Crippen LogP contribution < -0.4 is 10.0 Å². The molecule has 94 valence electrons. The Morgan fingerprint density at radius 3 is 3.17 bits per heavy atom. The lowest BCUT2D eigenvalue weighted by atomic mass is 10.3. The number of pyridine rings is 1. The van der Waals surface area contributed by atoms with E-state index < -0.39 is 0 Å². The van der Waals surface area contributed by atoms with Gasteiger partial charge in [-0.05, 0) is 11.8 Å². The van der Waals surface area contributed by atoms with E-state index in [9.17, 15) is 10.0 Å². The third-order valence-electron chi connectivity index (χ3n) is 1.93. The second-order valence-corrected chi connectivity index (χ2v) is 5.70. The van der Waals surface area contributed by atoms with Crippen LogP contribution in [0, 0.1) is 5.21 Å². The number of carbonyl (C=O) groups is 1. The first-order valence-corrected chi connectivity index (χ1v) is 6.95. The summed E-state index contributed by atoms with van der Waals surface area (Å²) in [6, 6.07) is 3.08. The van der Waals surface area contributed by atoms with Gasteiger partial charge in [-0.1, -0.05) is 30.0 Å². The molecule has 0 saturated heterocycles. The van der Waals surface area contributed by atoms with Gasteiger partial charge in [0, 0.05) is 6.07 Å². The Balaban J connectivity index is 2.06. The third kappa shape index (κ3) is 3.17. The zero-order chi connectivity index (χ0) is 13.0. The molecule has 0 aliphatic carbocycles. The first-order valence-electron chi connectivity index (χ1n) is 5.15. The zero-order valence-corrected chi connectivity index (χ0v) is 11.1. The molecule has 0 spiro atoms. The maximum Gasteiger partial charge on any atom is 0.263 e. The molecule has 18 heavy (non-hydrogen) atoms. The number of rotatable bonds is 4. The van der Waals surface area contributed by atoms with Gasteiger partial charge in [0.05, 0.1) is 0 Å². The first-order chi connectivity index (χ1) is 8.69. The van der Waals surface area contributed by atoms with Crippen LogP contribution in [0.5, 0.6) is 0 Å². The van der Waals surface area contributed by atoms with Crippen LogP contribution in [0.2, 0.25) is 0 Å². The molecule has 0 saturated carbocycles. The topological polar surface area (TPSA) is 81.8 Å². The molecular weight excluding hydrogens is 272 g/mol. The van der Waals surface area contributed by atoms with E-state index in [1.165, 1.54) is 29.8 Å². The smallest absolute Gasteiger partial charge is 0.263 e. The highest BCUT2D eigenvalue weighted by Crippen LogP contribution is 2.25. The van der Waals surface area contributed by atoms with Crippen molar-refractivity contribution in [1.82, 2.24) is 10.2 Å². The predicted molar refractivity (Wildman–Crippen MR) is 69.7 cm³/mol. The summed E-state index contributed by atoms with van der Waals surface area (Å²) in [6.45, 7) is 2.02. The molecule has 8 heteroatoms. The number of nitrogens with one attached hydrogen (secondary N) is 1. The minimum atomic E-state index is -0.371. The SMILES string of the molecule is CCSc1nnc(NC(=O)c2ccc[n+]([O-])c2)s1. The number of hydrogen-bond acceptors (Lipinski definition) is 6. The van der Waals surface area contributed by atoms with Crippen molar-refractivity contribution in [3.63, 3.8) is 0 Å². The van der Waals surface area contributed by atoms with Gasteiger partial charge >= 0.3 is 0 Å². The molecule has 0 aliphatic rings. The maximum absolute atomic E-state index is 11.8. The van der Waals surface area contributed by atoms with Gasteiger partial charge in [-0.2, -0.15) is 4.73 Å². The quantitative estimate of drug-likeness (QED) is 0.398. The van der Waals surface area contributed by atoms with Gasteiger partial charge in [-0.15, -0.1) is 10.2 Å². The molecule has 2 aromatic heterocycles. The summed E-state index contributed by atoms with van der Waals surface area (Å²) in [7, 11) is 0. The monoisotopic (exact) mass is 282 g/mol. The Bertz CT molecular complexity index is 558. The molecule has 0 aromatic carbocycles. The standard InChI is InChI=1S/C10H10N4O2S2/c1-2-17-10-13-12-9(18-10)11-8(15)7-4-3-5-14(16)6-7/h3-6H,2H2,1H3,(H,11,12,15). The number of anilines is 1. The number of aromatic nitrogens is 3. The molecule has 0 radical (unpaired) electrons. The van der Waals surface area contributed by atoms with Crippen molar-refractivity contribution in [3.8, 4) is 0 Å². The van der Waals surface area contributed by atoms with Gasteiger partial charge < -0.3 is 5.21 Å². The molecule has 0 atom stereocenters. The third-order valence-corrected chi connectivity index (χ3v) is 3.79. The van der Waals surface area contributed by atoms with Crippen LogP contribution in [-0.4, -0.2) is 21.9 Å². The Morgan fingerprint density at radius 1 is 1.61 bits per heavy atom. The molecule has 0 bridgehead atoms. The molecule has 2 heterocycles. The minimum Gasteiger partial charge on any atom is -0.619 e. The molecule has 0 fully saturated rings. The summed E-state index contributed by atoms with van der Waals surface area (Å²) in [6.07, 6.45) is 2.52. The lowest BCUT2D eigenvalue weighted by Gasteiger charge is -2.00. The Hall–Kier alpha value is -1.67. The van der Waals surface area contributed by atoms with Crippen molar-refractivity contribution in [2.45, 2.75) is 11.3 Å².